The molecule has 0 fully saturated rings. The zero-order valence-corrected chi connectivity index (χ0v) is 9.85. The van der Waals surface area contributed by atoms with Crippen LogP contribution in [0.25, 0.3) is 0 Å². The Morgan fingerprint density at radius 3 is 2.78 bits per heavy atom. The second-order valence-corrected chi connectivity index (χ2v) is 4.15. The van der Waals surface area contributed by atoms with E-state index in [1.807, 2.05) is 16.8 Å². The number of halogens is 3. The second-order valence-electron chi connectivity index (χ2n) is 3.37. The molecule has 0 unspecified atom stereocenters. The Labute approximate surface area is 105 Å². The molecule has 0 aliphatic rings. The molecule has 2 rings (SSSR count). The van der Waals surface area contributed by atoms with Crippen molar-refractivity contribution in [2.45, 2.75) is 6.18 Å². The molecule has 96 valence electrons. The summed E-state index contributed by atoms with van der Waals surface area (Å²) in [4.78, 5) is 7.84. The molecular weight excluding hydrogens is 265 g/mol. The fourth-order valence-electron chi connectivity index (χ4n) is 1.17. The molecule has 4 nitrogen and oxygen atoms in total. The summed E-state index contributed by atoms with van der Waals surface area (Å²) in [5.74, 6) is 0.376. The van der Waals surface area contributed by atoms with Crippen molar-refractivity contribution >= 4 is 28.8 Å². The Bertz CT molecular complexity index is 498. The third kappa shape index (κ3) is 3.88. The maximum atomic E-state index is 12.0. The van der Waals surface area contributed by atoms with Gasteiger partial charge in [0.2, 0.25) is 5.95 Å². The number of aromatic nitrogens is 2. The summed E-state index contributed by atoms with van der Waals surface area (Å²) in [6.45, 7) is -1.12. The highest BCUT2D eigenvalue weighted by Crippen LogP contribution is 2.18. The molecule has 0 saturated carbocycles. The lowest BCUT2D eigenvalue weighted by atomic mass is 10.5. The third-order valence-corrected chi connectivity index (χ3v) is 2.59. The fraction of sp³-hybridized carbons (Fsp3) is 0.200. The summed E-state index contributed by atoms with van der Waals surface area (Å²) in [5.41, 5.74) is 0.799. The topological polar surface area (TPSA) is 49.8 Å². The number of nitrogens with zero attached hydrogens (tertiary/aromatic N) is 2. The molecule has 2 aromatic rings. The van der Waals surface area contributed by atoms with Crippen molar-refractivity contribution in [3.63, 3.8) is 0 Å². The zero-order chi connectivity index (χ0) is 13.0. The van der Waals surface area contributed by atoms with E-state index in [1.54, 1.807) is 0 Å². The fourth-order valence-corrected chi connectivity index (χ4v) is 1.76. The van der Waals surface area contributed by atoms with Gasteiger partial charge in [-0.05, 0) is 17.5 Å². The predicted octanol–water partition coefficient (Wildman–Crippen LogP) is 3.26. The van der Waals surface area contributed by atoms with E-state index in [4.69, 9.17) is 0 Å². The molecule has 0 aromatic carbocycles. The number of anilines is 3. The van der Waals surface area contributed by atoms with Crippen LogP contribution in [0.1, 0.15) is 0 Å². The maximum absolute atomic E-state index is 12.0. The van der Waals surface area contributed by atoms with Gasteiger partial charge in [0.25, 0.3) is 0 Å². The standard InChI is InChI=1S/C10H9F3N4S/c11-10(12,13)6-15-8-1-3-14-9(17-8)16-7-2-4-18-5-7/h1-5H,6H2,(H2,14,15,16,17). The molecule has 0 saturated heterocycles. The average molecular weight is 274 g/mol. The Morgan fingerprint density at radius 1 is 1.28 bits per heavy atom. The molecule has 0 amide bonds. The van der Waals surface area contributed by atoms with E-state index >= 15 is 0 Å². The first-order chi connectivity index (χ1) is 8.53. The van der Waals surface area contributed by atoms with Gasteiger partial charge in [0.15, 0.2) is 0 Å². The lowest BCUT2D eigenvalue weighted by Crippen LogP contribution is -2.21. The third-order valence-electron chi connectivity index (χ3n) is 1.90. The lowest BCUT2D eigenvalue weighted by Gasteiger charge is -2.09. The quantitative estimate of drug-likeness (QED) is 0.898. The van der Waals surface area contributed by atoms with Crippen molar-refractivity contribution in [2.75, 3.05) is 17.2 Å². The van der Waals surface area contributed by atoms with Gasteiger partial charge >= 0.3 is 6.18 Å². The van der Waals surface area contributed by atoms with Crippen molar-refractivity contribution in [1.82, 2.24) is 9.97 Å². The molecule has 2 heterocycles. The summed E-state index contributed by atoms with van der Waals surface area (Å²) in [7, 11) is 0. The molecule has 8 heteroatoms. The van der Waals surface area contributed by atoms with E-state index in [2.05, 4.69) is 20.6 Å². The van der Waals surface area contributed by atoms with Crippen LogP contribution in [0, 0.1) is 0 Å². The number of hydrogen-bond acceptors (Lipinski definition) is 5. The van der Waals surface area contributed by atoms with E-state index in [-0.39, 0.29) is 11.8 Å². The summed E-state index contributed by atoms with van der Waals surface area (Å²) >= 11 is 1.49. The van der Waals surface area contributed by atoms with Gasteiger partial charge in [0.1, 0.15) is 12.4 Å². The highest BCUT2D eigenvalue weighted by Gasteiger charge is 2.26. The van der Waals surface area contributed by atoms with Crippen molar-refractivity contribution < 1.29 is 13.2 Å². The largest absolute Gasteiger partial charge is 0.405 e. The monoisotopic (exact) mass is 274 g/mol. The molecule has 0 aliphatic carbocycles. The van der Waals surface area contributed by atoms with Crippen molar-refractivity contribution in [3.05, 3.63) is 29.1 Å². The van der Waals surface area contributed by atoms with Gasteiger partial charge in [-0.2, -0.15) is 29.5 Å². The van der Waals surface area contributed by atoms with Gasteiger partial charge in [0, 0.05) is 11.6 Å². The molecule has 0 atom stereocenters. The Balaban J connectivity index is 2.01. The number of rotatable bonds is 4. The van der Waals surface area contributed by atoms with E-state index < -0.39 is 12.7 Å². The zero-order valence-electron chi connectivity index (χ0n) is 9.03. The van der Waals surface area contributed by atoms with Crippen LogP contribution in [0.2, 0.25) is 0 Å². The van der Waals surface area contributed by atoms with Crippen molar-refractivity contribution in [1.29, 1.82) is 0 Å². The van der Waals surface area contributed by atoms with Crippen molar-refractivity contribution in [2.24, 2.45) is 0 Å². The van der Waals surface area contributed by atoms with Crippen LogP contribution in [0.3, 0.4) is 0 Å². The molecule has 18 heavy (non-hydrogen) atoms. The lowest BCUT2D eigenvalue weighted by molar-refractivity contribution is -0.115. The van der Waals surface area contributed by atoms with Crippen LogP contribution in [-0.2, 0) is 0 Å². The minimum atomic E-state index is -4.27. The molecule has 0 spiro atoms. The molecule has 2 N–H and O–H groups in total. The first kappa shape index (κ1) is 12.6. The van der Waals surface area contributed by atoms with Crippen molar-refractivity contribution in [3.8, 4) is 0 Å². The molecule has 0 radical (unpaired) electrons. The summed E-state index contributed by atoms with van der Waals surface area (Å²) in [6, 6.07) is 3.20. The first-order valence-electron chi connectivity index (χ1n) is 4.96. The van der Waals surface area contributed by atoms with Crippen LogP contribution in [0.4, 0.5) is 30.6 Å². The van der Waals surface area contributed by atoms with Gasteiger partial charge < -0.3 is 10.6 Å². The normalized spacial score (nSPS) is 11.3. The second kappa shape index (κ2) is 5.21. The van der Waals surface area contributed by atoms with Gasteiger partial charge in [-0.25, -0.2) is 4.98 Å². The van der Waals surface area contributed by atoms with Gasteiger partial charge in [-0.1, -0.05) is 0 Å². The maximum Gasteiger partial charge on any atom is 0.405 e. The first-order valence-corrected chi connectivity index (χ1v) is 5.90. The summed E-state index contributed by atoms with van der Waals surface area (Å²) in [5, 5.41) is 8.80. The predicted molar refractivity (Wildman–Crippen MR) is 64.2 cm³/mol. The molecule has 2 aromatic heterocycles. The van der Waals surface area contributed by atoms with Gasteiger partial charge in [-0.15, -0.1) is 0 Å². The van der Waals surface area contributed by atoms with Crippen LogP contribution in [0.15, 0.2) is 29.1 Å². The minimum Gasteiger partial charge on any atom is -0.361 e. The summed E-state index contributed by atoms with van der Waals surface area (Å²) < 4.78 is 36.1. The molecular formula is C10H9F3N4S. The Hall–Kier alpha value is -1.83. The smallest absolute Gasteiger partial charge is 0.361 e. The SMILES string of the molecule is FC(F)(F)CNc1ccnc(Nc2ccsc2)n1. The van der Waals surface area contributed by atoms with Gasteiger partial charge in [-0.3, -0.25) is 0 Å². The Kier molecular flexibility index (Phi) is 3.66. The molecule has 0 bridgehead atoms. The number of alkyl halides is 3. The van der Waals surface area contributed by atoms with Crippen LogP contribution >= 0.6 is 11.3 Å². The number of nitrogens with one attached hydrogen (secondary N) is 2. The Morgan fingerprint density at radius 2 is 2.11 bits per heavy atom. The minimum absolute atomic E-state index is 0.125. The van der Waals surface area contributed by atoms with Gasteiger partial charge in [0.05, 0.1) is 5.69 Å². The molecule has 0 aliphatic heterocycles. The van der Waals surface area contributed by atoms with E-state index in [9.17, 15) is 13.2 Å². The van der Waals surface area contributed by atoms with Crippen LogP contribution in [0.5, 0.6) is 0 Å². The van der Waals surface area contributed by atoms with E-state index in [0.717, 1.165) is 5.69 Å². The highest BCUT2D eigenvalue weighted by molar-refractivity contribution is 7.08. The van der Waals surface area contributed by atoms with E-state index in [1.165, 1.54) is 23.6 Å². The highest BCUT2D eigenvalue weighted by atomic mass is 32.1. The van der Waals surface area contributed by atoms with E-state index in [0.29, 0.717) is 0 Å². The number of thiophene rings is 1. The van der Waals surface area contributed by atoms with Crippen LogP contribution < -0.4 is 10.6 Å². The average Bonchev–Trinajstić information content (AvgIpc) is 2.79. The summed E-state index contributed by atoms with van der Waals surface area (Å²) in [6.07, 6.45) is -2.88. The van der Waals surface area contributed by atoms with Crippen LogP contribution in [-0.4, -0.2) is 22.7 Å². The number of hydrogen-bond donors (Lipinski definition) is 2.